The standard InChI is InChI=1S/C22H17N3O4S/c1-14-6-3-4-9-18(14)24-15(2)13-30-22(24)23-21(26)20-11-10-19(29-20)16-7-5-8-17(12-16)25(27)28/h3-13H,1-2H3. The molecule has 0 unspecified atom stereocenters. The summed E-state index contributed by atoms with van der Waals surface area (Å²) in [7, 11) is 0. The van der Waals surface area contributed by atoms with Gasteiger partial charge in [-0.25, -0.2) is 0 Å². The lowest BCUT2D eigenvalue weighted by atomic mass is 10.1. The van der Waals surface area contributed by atoms with Gasteiger partial charge in [0.05, 0.1) is 10.6 Å². The molecule has 0 spiro atoms. The summed E-state index contributed by atoms with van der Waals surface area (Å²) < 4.78 is 7.58. The van der Waals surface area contributed by atoms with E-state index < -0.39 is 10.8 Å². The average Bonchev–Trinajstić information content (AvgIpc) is 3.36. The smallest absolute Gasteiger partial charge is 0.315 e. The Hall–Kier alpha value is -3.78. The summed E-state index contributed by atoms with van der Waals surface area (Å²) >= 11 is 1.37. The van der Waals surface area contributed by atoms with E-state index in [1.54, 1.807) is 18.2 Å². The summed E-state index contributed by atoms with van der Waals surface area (Å²) in [4.78, 5) is 28.0. The monoisotopic (exact) mass is 419 g/mol. The summed E-state index contributed by atoms with van der Waals surface area (Å²) in [6, 6.07) is 17.1. The number of amides is 1. The molecule has 0 aliphatic rings. The van der Waals surface area contributed by atoms with Gasteiger partial charge in [-0.2, -0.15) is 4.99 Å². The molecule has 8 heteroatoms. The quantitative estimate of drug-likeness (QED) is 0.341. The molecule has 0 aliphatic carbocycles. The van der Waals surface area contributed by atoms with E-state index in [0.29, 0.717) is 16.1 Å². The van der Waals surface area contributed by atoms with Crippen LogP contribution in [0.2, 0.25) is 0 Å². The highest BCUT2D eigenvalue weighted by molar-refractivity contribution is 7.07. The van der Waals surface area contributed by atoms with Crippen LogP contribution in [0.4, 0.5) is 5.69 Å². The van der Waals surface area contributed by atoms with E-state index >= 15 is 0 Å². The van der Waals surface area contributed by atoms with Gasteiger partial charge in [0, 0.05) is 28.8 Å². The highest BCUT2D eigenvalue weighted by atomic mass is 32.1. The van der Waals surface area contributed by atoms with E-state index in [9.17, 15) is 14.9 Å². The number of hydrogen-bond acceptors (Lipinski definition) is 5. The van der Waals surface area contributed by atoms with E-state index in [-0.39, 0.29) is 11.4 Å². The fourth-order valence-electron chi connectivity index (χ4n) is 3.10. The van der Waals surface area contributed by atoms with Crippen molar-refractivity contribution in [3.63, 3.8) is 0 Å². The first kappa shape index (κ1) is 19.5. The Balaban J connectivity index is 1.70. The maximum absolute atomic E-state index is 12.7. The van der Waals surface area contributed by atoms with Gasteiger partial charge in [-0.15, -0.1) is 11.3 Å². The van der Waals surface area contributed by atoms with Crippen LogP contribution in [0, 0.1) is 24.0 Å². The average molecular weight is 419 g/mol. The Morgan fingerprint density at radius 1 is 1.10 bits per heavy atom. The minimum atomic E-state index is -0.518. The number of aromatic nitrogens is 1. The van der Waals surface area contributed by atoms with Crippen molar-refractivity contribution in [3.05, 3.63) is 98.0 Å². The lowest BCUT2D eigenvalue weighted by Crippen LogP contribution is -2.17. The van der Waals surface area contributed by atoms with Crippen molar-refractivity contribution in [2.45, 2.75) is 13.8 Å². The number of benzene rings is 2. The molecule has 0 atom stereocenters. The Morgan fingerprint density at radius 2 is 1.90 bits per heavy atom. The van der Waals surface area contributed by atoms with Crippen molar-refractivity contribution in [2.24, 2.45) is 4.99 Å². The molecule has 0 radical (unpaired) electrons. The second kappa shape index (κ2) is 7.92. The summed E-state index contributed by atoms with van der Waals surface area (Å²) in [5.41, 5.74) is 3.47. The second-order valence-electron chi connectivity index (χ2n) is 6.67. The highest BCUT2D eigenvalue weighted by Gasteiger charge is 2.15. The third-order valence-electron chi connectivity index (χ3n) is 4.59. The van der Waals surface area contributed by atoms with Gasteiger partial charge in [-0.3, -0.25) is 19.5 Å². The summed E-state index contributed by atoms with van der Waals surface area (Å²) in [5.74, 6) is -0.0823. The molecule has 30 heavy (non-hydrogen) atoms. The van der Waals surface area contributed by atoms with Crippen molar-refractivity contribution in [2.75, 3.05) is 0 Å². The Labute approximate surface area is 175 Å². The summed E-state index contributed by atoms with van der Waals surface area (Å²) in [6.07, 6.45) is 0. The van der Waals surface area contributed by atoms with E-state index in [1.807, 2.05) is 48.1 Å². The zero-order valence-electron chi connectivity index (χ0n) is 16.2. The van der Waals surface area contributed by atoms with Gasteiger partial charge in [0.2, 0.25) is 0 Å². The molecule has 0 saturated carbocycles. The SMILES string of the molecule is Cc1ccccc1-n1c(C)csc1=NC(=O)c1ccc(-c2cccc([N+](=O)[O-])c2)o1. The summed E-state index contributed by atoms with van der Waals surface area (Å²) in [6.45, 7) is 3.96. The number of carbonyl (C=O) groups excluding carboxylic acids is 1. The van der Waals surface area contributed by atoms with Crippen LogP contribution in [0.25, 0.3) is 17.0 Å². The number of rotatable bonds is 4. The normalized spacial score (nSPS) is 11.6. The number of aryl methyl sites for hydroxylation is 2. The molecule has 2 aromatic heterocycles. The minimum absolute atomic E-state index is 0.0465. The van der Waals surface area contributed by atoms with Crippen LogP contribution in [0.5, 0.6) is 0 Å². The molecule has 0 saturated heterocycles. The lowest BCUT2D eigenvalue weighted by Gasteiger charge is -2.08. The Kier molecular flexibility index (Phi) is 5.16. The molecule has 2 aromatic carbocycles. The Morgan fingerprint density at radius 3 is 2.67 bits per heavy atom. The molecule has 0 aliphatic heterocycles. The van der Waals surface area contributed by atoms with Crippen LogP contribution < -0.4 is 4.80 Å². The van der Waals surface area contributed by atoms with Gasteiger partial charge in [-0.05, 0) is 37.6 Å². The number of nitro groups is 1. The minimum Gasteiger partial charge on any atom is -0.451 e. The van der Waals surface area contributed by atoms with Crippen LogP contribution in [0.1, 0.15) is 21.8 Å². The maximum Gasteiger partial charge on any atom is 0.315 e. The van der Waals surface area contributed by atoms with Gasteiger partial charge in [0.25, 0.3) is 5.69 Å². The van der Waals surface area contributed by atoms with Crippen LogP contribution in [-0.4, -0.2) is 15.4 Å². The number of thiazole rings is 1. The number of carbonyl (C=O) groups is 1. The van der Waals surface area contributed by atoms with Crippen molar-refractivity contribution >= 4 is 22.9 Å². The van der Waals surface area contributed by atoms with E-state index in [4.69, 9.17) is 4.42 Å². The van der Waals surface area contributed by atoms with Crippen LogP contribution in [-0.2, 0) is 0 Å². The van der Waals surface area contributed by atoms with Gasteiger partial charge in [-0.1, -0.05) is 30.3 Å². The molecular weight excluding hydrogens is 402 g/mol. The molecule has 0 bridgehead atoms. The molecule has 4 rings (SSSR count). The first-order chi connectivity index (χ1) is 14.4. The molecule has 7 nitrogen and oxygen atoms in total. The number of hydrogen-bond donors (Lipinski definition) is 0. The van der Waals surface area contributed by atoms with Crippen LogP contribution in [0.15, 0.2) is 75.5 Å². The number of furan rings is 1. The van der Waals surface area contributed by atoms with E-state index in [0.717, 1.165) is 16.9 Å². The molecule has 150 valence electrons. The van der Waals surface area contributed by atoms with Crippen molar-refractivity contribution in [1.82, 2.24) is 4.57 Å². The number of non-ortho nitro benzene ring substituents is 1. The van der Waals surface area contributed by atoms with Gasteiger partial charge >= 0.3 is 5.91 Å². The molecule has 2 heterocycles. The fraction of sp³-hybridized carbons (Fsp3) is 0.0909. The highest BCUT2D eigenvalue weighted by Crippen LogP contribution is 2.26. The summed E-state index contributed by atoms with van der Waals surface area (Å²) in [5, 5.41) is 12.9. The third kappa shape index (κ3) is 3.72. The van der Waals surface area contributed by atoms with Gasteiger partial charge in [0.15, 0.2) is 10.6 Å². The van der Waals surface area contributed by atoms with Crippen molar-refractivity contribution in [3.8, 4) is 17.0 Å². The second-order valence-corrected chi connectivity index (χ2v) is 7.51. The first-order valence-corrected chi connectivity index (χ1v) is 9.99. The van der Waals surface area contributed by atoms with E-state index in [2.05, 4.69) is 4.99 Å². The number of nitrogens with zero attached hydrogens (tertiary/aromatic N) is 3. The molecule has 0 N–H and O–H groups in total. The van der Waals surface area contributed by atoms with Gasteiger partial charge in [0.1, 0.15) is 5.76 Å². The molecule has 4 aromatic rings. The predicted octanol–water partition coefficient (Wildman–Crippen LogP) is 5.06. The Bertz CT molecular complexity index is 1330. The van der Waals surface area contributed by atoms with Gasteiger partial charge < -0.3 is 4.42 Å². The lowest BCUT2D eigenvalue weighted by molar-refractivity contribution is -0.384. The fourth-order valence-corrected chi connectivity index (χ4v) is 3.97. The molecular formula is C22H17N3O4S. The zero-order valence-corrected chi connectivity index (χ0v) is 17.1. The molecule has 0 fully saturated rings. The largest absolute Gasteiger partial charge is 0.451 e. The van der Waals surface area contributed by atoms with Crippen molar-refractivity contribution < 1.29 is 14.1 Å². The number of nitro benzene ring substituents is 1. The molecule has 1 amide bonds. The first-order valence-electron chi connectivity index (χ1n) is 9.11. The zero-order chi connectivity index (χ0) is 21.3. The predicted molar refractivity (Wildman–Crippen MR) is 114 cm³/mol. The number of para-hydroxylation sites is 1. The third-order valence-corrected chi connectivity index (χ3v) is 5.53. The van der Waals surface area contributed by atoms with Crippen molar-refractivity contribution in [1.29, 1.82) is 0 Å². The topological polar surface area (TPSA) is 90.6 Å². The van der Waals surface area contributed by atoms with E-state index in [1.165, 1.54) is 29.5 Å². The maximum atomic E-state index is 12.7. The van der Waals surface area contributed by atoms with Crippen LogP contribution >= 0.6 is 11.3 Å². The van der Waals surface area contributed by atoms with Crippen LogP contribution in [0.3, 0.4) is 0 Å².